The number of fused-ring (bicyclic) bond motifs is 4. The molecule has 45 heavy (non-hydrogen) atoms. The number of aromatic amines is 1. The maximum absolute atomic E-state index is 14.5. The zero-order chi connectivity index (χ0) is 30.7. The summed E-state index contributed by atoms with van der Waals surface area (Å²) in [6.07, 6.45) is 3.44. The van der Waals surface area contributed by atoms with E-state index in [4.69, 9.17) is 9.73 Å². The number of para-hydroxylation sites is 1. The number of nitrogens with one attached hydrogen (secondary N) is 1. The van der Waals surface area contributed by atoms with Crippen LogP contribution in [0.1, 0.15) is 34.7 Å². The number of H-pyrrole nitrogens is 1. The molecule has 8 nitrogen and oxygen atoms in total. The number of allylic oxidation sites excluding steroid dienone is 1. The summed E-state index contributed by atoms with van der Waals surface area (Å²) in [5.74, 6) is 0.711. The first-order chi connectivity index (χ1) is 22.0. The third-order valence-corrected chi connectivity index (χ3v) is 9.65. The van der Waals surface area contributed by atoms with E-state index >= 15 is 0 Å². The highest BCUT2D eigenvalue weighted by Crippen LogP contribution is 2.42. The van der Waals surface area contributed by atoms with Crippen molar-refractivity contribution in [3.8, 4) is 17.0 Å². The van der Waals surface area contributed by atoms with Crippen LogP contribution < -0.4 is 19.6 Å². The number of hydrogen-bond acceptors (Lipinski definition) is 6. The molecule has 6 aromatic rings. The summed E-state index contributed by atoms with van der Waals surface area (Å²) in [7, 11) is 1.64. The smallest absolute Gasteiger partial charge is 0.271 e. The van der Waals surface area contributed by atoms with Crippen molar-refractivity contribution in [3.63, 3.8) is 0 Å². The Morgan fingerprint density at radius 3 is 2.62 bits per heavy atom. The molecule has 0 bridgehead atoms. The van der Waals surface area contributed by atoms with Gasteiger partial charge < -0.3 is 9.72 Å². The zero-order valence-corrected chi connectivity index (χ0v) is 25.0. The third kappa shape index (κ3) is 4.35. The number of aryl methyl sites for hydroxylation is 1. The number of nitrogens with zero attached hydrogens (tertiary/aromatic N) is 3. The number of nitro groups is 1. The number of hydrogen-bond donors (Lipinski definition) is 1. The molecule has 0 fully saturated rings. The maximum Gasteiger partial charge on any atom is 0.271 e. The largest absolute Gasteiger partial charge is 0.495 e. The van der Waals surface area contributed by atoms with Gasteiger partial charge in [0.15, 0.2) is 4.80 Å². The first-order valence-electron chi connectivity index (χ1n) is 14.6. The normalized spacial score (nSPS) is 15.8. The molecule has 9 heteroatoms. The minimum absolute atomic E-state index is 0.00905. The second-order valence-electron chi connectivity index (χ2n) is 11.1. The van der Waals surface area contributed by atoms with E-state index in [0.29, 0.717) is 27.1 Å². The van der Waals surface area contributed by atoms with Crippen molar-refractivity contribution >= 4 is 39.7 Å². The number of aromatic nitrogens is 2. The van der Waals surface area contributed by atoms with Gasteiger partial charge in [0.05, 0.1) is 39.5 Å². The van der Waals surface area contributed by atoms with E-state index < -0.39 is 11.0 Å². The van der Waals surface area contributed by atoms with Crippen LogP contribution in [-0.4, -0.2) is 21.6 Å². The van der Waals surface area contributed by atoms with Crippen molar-refractivity contribution in [1.29, 1.82) is 0 Å². The molecule has 8 rings (SSSR count). The topological polar surface area (TPSA) is 103 Å². The van der Waals surface area contributed by atoms with Gasteiger partial charge in [0, 0.05) is 28.6 Å². The molecule has 0 saturated heterocycles. The van der Waals surface area contributed by atoms with E-state index in [9.17, 15) is 14.9 Å². The summed E-state index contributed by atoms with van der Waals surface area (Å²) in [5.41, 5.74) is 8.18. The monoisotopic (exact) mass is 610 g/mol. The lowest BCUT2D eigenvalue weighted by atomic mass is 9.83. The highest BCUT2D eigenvalue weighted by Gasteiger charge is 2.33. The molecule has 0 radical (unpaired) electrons. The predicted octanol–water partition coefficient (Wildman–Crippen LogP) is 6.38. The molecule has 2 aromatic heterocycles. The lowest BCUT2D eigenvalue weighted by Crippen LogP contribution is -2.38. The molecule has 4 aromatic carbocycles. The summed E-state index contributed by atoms with van der Waals surface area (Å²) >= 11 is 1.34. The summed E-state index contributed by atoms with van der Waals surface area (Å²) in [5, 5.41) is 12.7. The number of methoxy groups -OCH3 is 1. The number of rotatable bonds is 5. The Labute approximate surface area is 261 Å². The Kier molecular flexibility index (Phi) is 6.35. The summed E-state index contributed by atoms with van der Waals surface area (Å²) in [4.78, 5) is 35.1. The molecule has 1 atom stereocenters. The minimum Gasteiger partial charge on any atom is -0.495 e. The maximum atomic E-state index is 14.5. The van der Waals surface area contributed by atoms with Gasteiger partial charge in [-0.25, -0.2) is 4.99 Å². The fraction of sp³-hybridized carbons (Fsp3) is 0.111. The van der Waals surface area contributed by atoms with Crippen LogP contribution in [0.25, 0.3) is 33.9 Å². The first-order valence-corrected chi connectivity index (χ1v) is 15.4. The molecule has 2 aliphatic rings. The van der Waals surface area contributed by atoms with Gasteiger partial charge in [-0.1, -0.05) is 90.2 Å². The Morgan fingerprint density at radius 2 is 1.80 bits per heavy atom. The van der Waals surface area contributed by atoms with Crippen LogP contribution in [0, 0.1) is 10.1 Å². The van der Waals surface area contributed by atoms with Crippen LogP contribution in [0.15, 0.2) is 112 Å². The number of nitro benzene ring substituents is 1. The molecule has 1 N–H and O–H groups in total. The van der Waals surface area contributed by atoms with Crippen molar-refractivity contribution < 1.29 is 9.66 Å². The van der Waals surface area contributed by atoms with E-state index in [1.165, 1.54) is 23.0 Å². The summed E-state index contributed by atoms with van der Waals surface area (Å²) in [6, 6.07) is 30.2. The fourth-order valence-corrected chi connectivity index (χ4v) is 7.61. The van der Waals surface area contributed by atoms with Gasteiger partial charge in [0.2, 0.25) is 0 Å². The average molecular weight is 611 g/mol. The molecule has 0 amide bonds. The van der Waals surface area contributed by atoms with Crippen LogP contribution in [0.4, 0.5) is 5.69 Å². The van der Waals surface area contributed by atoms with E-state index in [1.807, 2.05) is 72.8 Å². The molecular formula is C36H26N4O4S. The zero-order valence-electron chi connectivity index (χ0n) is 24.2. The van der Waals surface area contributed by atoms with E-state index in [1.54, 1.807) is 23.8 Å². The Hall–Kier alpha value is -5.54. The van der Waals surface area contributed by atoms with Crippen molar-refractivity contribution in [2.75, 3.05) is 7.11 Å². The van der Waals surface area contributed by atoms with Crippen LogP contribution in [0.3, 0.4) is 0 Å². The summed E-state index contributed by atoms with van der Waals surface area (Å²) < 4.78 is 7.92. The van der Waals surface area contributed by atoms with E-state index in [2.05, 4.69) is 17.1 Å². The lowest BCUT2D eigenvalue weighted by molar-refractivity contribution is -0.384. The van der Waals surface area contributed by atoms with Crippen molar-refractivity contribution in [2.45, 2.75) is 18.9 Å². The molecule has 220 valence electrons. The second kappa shape index (κ2) is 10.6. The molecule has 0 unspecified atom stereocenters. The van der Waals surface area contributed by atoms with Crippen molar-refractivity contribution in [1.82, 2.24) is 9.55 Å². The Morgan fingerprint density at radius 1 is 1.00 bits per heavy atom. The van der Waals surface area contributed by atoms with Gasteiger partial charge in [-0.15, -0.1) is 0 Å². The second-order valence-corrected chi connectivity index (χ2v) is 12.1. The van der Waals surface area contributed by atoms with E-state index in [0.717, 1.165) is 51.0 Å². The van der Waals surface area contributed by atoms with Crippen LogP contribution >= 0.6 is 11.3 Å². The Balaban J connectivity index is 1.41. The average Bonchev–Trinajstić information content (AvgIpc) is 3.61. The van der Waals surface area contributed by atoms with Crippen molar-refractivity contribution in [2.24, 2.45) is 4.99 Å². The van der Waals surface area contributed by atoms with Crippen molar-refractivity contribution in [3.05, 3.63) is 155 Å². The molecule has 0 saturated carbocycles. The molecule has 3 heterocycles. The molecule has 0 spiro atoms. The SMILES string of the molecule is COc1cccc2c(/C=c3/sc4n(c3=O)[C@@H](c3cccc([N+](=O)[O-])c3)C3=C(N=4)c4ccccc4CC3)c(-c3ccccc3)[nH]c12. The number of thiazole rings is 1. The van der Waals surface area contributed by atoms with Gasteiger partial charge in [-0.3, -0.25) is 19.5 Å². The lowest BCUT2D eigenvalue weighted by Gasteiger charge is -2.30. The molecule has 1 aliphatic heterocycles. The summed E-state index contributed by atoms with van der Waals surface area (Å²) in [6.45, 7) is 0. The highest BCUT2D eigenvalue weighted by molar-refractivity contribution is 7.07. The van der Waals surface area contributed by atoms with Crippen LogP contribution in [0.2, 0.25) is 0 Å². The highest BCUT2D eigenvalue weighted by atomic mass is 32.1. The van der Waals surface area contributed by atoms with Crippen LogP contribution in [0.5, 0.6) is 5.75 Å². The predicted molar refractivity (Wildman–Crippen MR) is 176 cm³/mol. The molecule has 1 aliphatic carbocycles. The van der Waals surface area contributed by atoms with Gasteiger partial charge >= 0.3 is 0 Å². The van der Waals surface area contributed by atoms with Gasteiger partial charge in [-0.2, -0.15) is 0 Å². The Bertz CT molecular complexity index is 2380. The standard InChI is InChI=1S/C36H26N4O4S/c1-44-29-16-8-15-26-28(31(37-33(26)29)22-10-3-2-4-11-22)20-30-35(41)39-34(23-12-7-13-24(19-23)40(42)43)27-18-17-21-9-5-6-14-25(21)32(27)38-36(39)45-30/h2-16,19-20,34,37H,17-18H2,1H3/b30-20+/t34-/m0/s1. The van der Waals surface area contributed by atoms with E-state index in [-0.39, 0.29) is 11.2 Å². The fourth-order valence-electron chi connectivity index (χ4n) is 6.63. The number of ether oxygens (including phenoxy) is 1. The van der Waals surface area contributed by atoms with Gasteiger partial charge in [0.1, 0.15) is 5.75 Å². The number of non-ortho nitro benzene ring substituents is 1. The molecular weight excluding hydrogens is 584 g/mol. The minimum atomic E-state index is -0.511. The van der Waals surface area contributed by atoms with Gasteiger partial charge in [0.25, 0.3) is 11.2 Å². The third-order valence-electron chi connectivity index (χ3n) is 8.66. The first kappa shape index (κ1) is 27.0. The number of benzene rings is 4. The quantitative estimate of drug-likeness (QED) is 0.181. The van der Waals surface area contributed by atoms with Gasteiger partial charge in [-0.05, 0) is 47.2 Å². The van der Waals surface area contributed by atoms with Crippen LogP contribution in [-0.2, 0) is 6.42 Å².